The van der Waals surface area contributed by atoms with E-state index in [2.05, 4.69) is 19.9 Å². The molecular formula is C27H27F3N6O3. The molecule has 3 aromatic heterocycles. The van der Waals surface area contributed by atoms with Gasteiger partial charge in [-0.25, -0.2) is 24.9 Å². The van der Waals surface area contributed by atoms with E-state index in [0.29, 0.717) is 28.4 Å². The molecule has 1 aliphatic rings. The number of benzene rings is 1. The topological polar surface area (TPSA) is 108 Å². The zero-order chi connectivity index (χ0) is 27.9. The summed E-state index contributed by atoms with van der Waals surface area (Å²) in [5.41, 5.74) is -0.0618. The number of alkyl halides is 3. The molecule has 1 atom stereocenters. The smallest absolute Gasteiger partial charge is 0.434 e. The predicted octanol–water partition coefficient (Wildman–Crippen LogP) is 4.89. The minimum Gasteiger partial charge on any atom is -0.493 e. The van der Waals surface area contributed by atoms with Crippen LogP contribution in [0.15, 0.2) is 43.0 Å². The van der Waals surface area contributed by atoms with Gasteiger partial charge < -0.3 is 19.1 Å². The first kappa shape index (κ1) is 26.5. The summed E-state index contributed by atoms with van der Waals surface area (Å²) in [6.07, 6.45) is 1.52. The molecule has 3 heterocycles. The number of ether oxygens (including phenoxy) is 2. The maximum absolute atomic E-state index is 13.1. The molecule has 9 nitrogen and oxygen atoms in total. The number of imidazole rings is 1. The van der Waals surface area contributed by atoms with Gasteiger partial charge in [0.05, 0.1) is 26.1 Å². The van der Waals surface area contributed by atoms with Crippen molar-refractivity contribution >= 4 is 0 Å². The zero-order valence-corrected chi connectivity index (χ0v) is 21.8. The Labute approximate surface area is 222 Å². The predicted molar refractivity (Wildman–Crippen MR) is 135 cm³/mol. The van der Waals surface area contributed by atoms with E-state index in [1.54, 1.807) is 31.2 Å². The zero-order valence-electron chi connectivity index (χ0n) is 21.8. The van der Waals surface area contributed by atoms with Crippen molar-refractivity contribution in [2.24, 2.45) is 7.05 Å². The van der Waals surface area contributed by atoms with Crippen molar-refractivity contribution < 1.29 is 27.8 Å². The van der Waals surface area contributed by atoms with Gasteiger partial charge in [0, 0.05) is 24.7 Å². The first-order chi connectivity index (χ1) is 18.6. The summed E-state index contributed by atoms with van der Waals surface area (Å²) < 4.78 is 51.8. The van der Waals surface area contributed by atoms with Crippen molar-refractivity contribution in [2.75, 3.05) is 14.2 Å². The van der Waals surface area contributed by atoms with Crippen molar-refractivity contribution in [1.82, 2.24) is 29.5 Å². The van der Waals surface area contributed by atoms with Crippen LogP contribution in [0.5, 0.6) is 11.6 Å². The average molecular weight is 541 g/mol. The lowest BCUT2D eigenvalue weighted by Gasteiger charge is -2.28. The Balaban J connectivity index is 1.58. The number of aryl methyl sites for hydroxylation is 1. The van der Waals surface area contributed by atoms with Gasteiger partial charge in [-0.2, -0.15) is 13.2 Å². The minimum absolute atomic E-state index is 0.152. The fourth-order valence-corrected chi connectivity index (χ4v) is 4.62. The maximum Gasteiger partial charge on any atom is 0.434 e. The summed E-state index contributed by atoms with van der Waals surface area (Å²) in [4.78, 5) is 21.7. The summed E-state index contributed by atoms with van der Waals surface area (Å²) in [6, 6.07) is 6.52. The van der Waals surface area contributed by atoms with Gasteiger partial charge in [0.25, 0.3) is 0 Å². The van der Waals surface area contributed by atoms with Gasteiger partial charge in [0.15, 0.2) is 17.3 Å². The molecule has 4 aromatic rings. The van der Waals surface area contributed by atoms with Crippen molar-refractivity contribution in [3.63, 3.8) is 0 Å². The van der Waals surface area contributed by atoms with E-state index in [-0.39, 0.29) is 29.6 Å². The van der Waals surface area contributed by atoms with Gasteiger partial charge in [-0.1, -0.05) is 31.2 Å². The highest BCUT2D eigenvalue weighted by Gasteiger charge is 2.38. The summed E-state index contributed by atoms with van der Waals surface area (Å²) >= 11 is 0. The van der Waals surface area contributed by atoms with Crippen LogP contribution in [-0.2, 0) is 18.8 Å². The second-order valence-electron chi connectivity index (χ2n) is 9.38. The normalized spacial score (nSPS) is 15.2. The first-order valence-corrected chi connectivity index (χ1v) is 12.3. The molecule has 1 fully saturated rings. The largest absolute Gasteiger partial charge is 0.493 e. The lowest BCUT2D eigenvalue weighted by Crippen LogP contribution is -2.29. The van der Waals surface area contributed by atoms with Crippen LogP contribution < -0.4 is 9.47 Å². The van der Waals surface area contributed by atoms with Crippen LogP contribution in [0, 0.1) is 0 Å². The Hall–Kier alpha value is -4.06. The van der Waals surface area contributed by atoms with E-state index in [0.717, 1.165) is 24.7 Å². The number of methoxy groups -OCH3 is 2. The lowest BCUT2D eigenvalue weighted by molar-refractivity contribution is -0.140. The molecule has 5 rings (SSSR count). The number of hydrogen-bond donors (Lipinski definition) is 1. The fraction of sp³-hybridized carbons (Fsp3) is 0.370. The Morgan fingerprint density at radius 2 is 1.74 bits per heavy atom. The summed E-state index contributed by atoms with van der Waals surface area (Å²) in [5, 5.41) is 12.0. The molecule has 0 spiro atoms. The molecule has 1 aliphatic carbocycles. The van der Waals surface area contributed by atoms with Crippen LogP contribution in [0.25, 0.3) is 22.8 Å². The van der Waals surface area contributed by atoms with E-state index < -0.39 is 17.5 Å². The van der Waals surface area contributed by atoms with Gasteiger partial charge >= 0.3 is 6.18 Å². The number of rotatable bonds is 8. The van der Waals surface area contributed by atoms with E-state index >= 15 is 0 Å². The van der Waals surface area contributed by atoms with Crippen molar-refractivity contribution in [2.45, 2.75) is 43.9 Å². The van der Waals surface area contributed by atoms with E-state index in [1.807, 2.05) is 0 Å². The van der Waals surface area contributed by atoms with Crippen LogP contribution >= 0.6 is 0 Å². The molecule has 204 valence electrons. The van der Waals surface area contributed by atoms with Crippen LogP contribution in [-0.4, -0.2) is 48.8 Å². The number of nitrogens with zero attached hydrogens (tertiary/aromatic N) is 6. The quantitative estimate of drug-likeness (QED) is 0.337. The second kappa shape index (κ2) is 9.92. The highest BCUT2D eigenvalue weighted by Crippen LogP contribution is 2.46. The van der Waals surface area contributed by atoms with Crippen LogP contribution in [0.2, 0.25) is 0 Å². The fourth-order valence-electron chi connectivity index (χ4n) is 4.62. The van der Waals surface area contributed by atoms with Gasteiger partial charge in [-0.05, 0) is 24.8 Å². The van der Waals surface area contributed by atoms with Crippen LogP contribution in [0.3, 0.4) is 0 Å². The van der Waals surface area contributed by atoms with Crippen molar-refractivity contribution in [3.05, 3.63) is 65.6 Å². The standard InChI is InChI=1S/C27H27F3N6O3/c1-5-26(37,17-10-8-16(9-11-17)24-34-19(13-36(24)2)27(28,29)30)22-18(38-3)12-31-23(35-22)20-21(15-6-7-15)32-14-33-25(20)39-4/h8-15,37H,5-7H2,1-4H3. The Morgan fingerprint density at radius 3 is 2.31 bits per heavy atom. The Kier molecular flexibility index (Phi) is 6.75. The molecule has 0 amide bonds. The van der Waals surface area contributed by atoms with Crippen molar-refractivity contribution in [3.8, 4) is 34.4 Å². The lowest BCUT2D eigenvalue weighted by atomic mass is 9.86. The number of hydrogen-bond acceptors (Lipinski definition) is 8. The highest BCUT2D eigenvalue weighted by atomic mass is 19.4. The summed E-state index contributed by atoms with van der Waals surface area (Å²) in [5.74, 6) is 1.31. The molecule has 0 saturated heterocycles. The van der Waals surface area contributed by atoms with Gasteiger partial charge in [0.2, 0.25) is 5.88 Å². The molecule has 0 radical (unpaired) electrons. The third-order valence-corrected chi connectivity index (χ3v) is 6.89. The van der Waals surface area contributed by atoms with Crippen LogP contribution in [0.1, 0.15) is 54.7 Å². The molecule has 12 heteroatoms. The monoisotopic (exact) mass is 540 g/mol. The molecule has 1 N–H and O–H groups in total. The molecule has 1 unspecified atom stereocenters. The summed E-state index contributed by atoms with van der Waals surface area (Å²) in [6.45, 7) is 1.80. The van der Waals surface area contributed by atoms with Crippen molar-refractivity contribution in [1.29, 1.82) is 0 Å². The molecule has 1 saturated carbocycles. The van der Waals surface area contributed by atoms with Gasteiger partial charge in [-0.15, -0.1) is 0 Å². The third kappa shape index (κ3) is 4.80. The van der Waals surface area contributed by atoms with E-state index in [4.69, 9.17) is 14.5 Å². The third-order valence-electron chi connectivity index (χ3n) is 6.89. The van der Waals surface area contributed by atoms with Crippen LogP contribution in [0.4, 0.5) is 13.2 Å². The van der Waals surface area contributed by atoms with E-state index in [1.165, 1.54) is 38.4 Å². The molecule has 0 aliphatic heterocycles. The molecule has 0 bridgehead atoms. The molecule has 39 heavy (non-hydrogen) atoms. The molecular weight excluding hydrogens is 513 g/mol. The first-order valence-electron chi connectivity index (χ1n) is 12.3. The number of aromatic nitrogens is 6. The number of halogens is 3. The average Bonchev–Trinajstić information content (AvgIpc) is 3.71. The van der Waals surface area contributed by atoms with E-state index in [9.17, 15) is 18.3 Å². The highest BCUT2D eigenvalue weighted by molar-refractivity contribution is 5.66. The summed E-state index contributed by atoms with van der Waals surface area (Å²) in [7, 11) is 4.47. The SMILES string of the molecule is CCC(O)(c1ccc(-c2nc(C(F)(F)F)cn2C)cc1)c1nc(-c2c(OC)ncnc2C2CC2)ncc1OC. The molecule has 1 aromatic carbocycles. The second-order valence-corrected chi connectivity index (χ2v) is 9.38. The van der Waals surface area contributed by atoms with Gasteiger partial charge in [0.1, 0.15) is 29.0 Å². The number of aliphatic hydroxyl groups is 1. The maximum atomic E-state index is 13.1. The Bertz CT molecular complexity index is 1500. The Morgan fingerprint density at radius 1 is 1.03 bits per heavy atom. The van der Waals surface area contributed by atoms with Gasteiger partial charge in [-0.3, -0.25) is 0 Å². The minimum atomic E-state index is -4.55.